The highest BCUT2D eigenvalue weighted by molar-refractivity contribution is 6.33. The minimum absolute atomic E-state index is 0.169. The zero-order valence-corrected chi connectivity index (χ0v) is 12.3. The van der Waals surface area contributed by atoms with Gasteiger partial charge in [0.1, 0.15) is 17.5 Å². The van der Waals surface area contributed by atoms with Gasteiger partial charge in [-0.3, -0.25) is 4.79 Å². The van der Waals surface area contributed by atoms with Crippen molar-refractivity contribution < 1.29 is 14.3 Å². The lowest BCUT2D eigenvalue weighted by Crippen LogP contribution is -2.13. The summed E-state index contributed by atoms with van der Waals surface area (Å²) in [6.07, 6.45) is 1.53. The maximum atomic E-state index is 12.1. The minimum atomic E-state index is -0.317. The van der Waals surface area contributed by atoms with Crippen LogP contribution in [0.5, 0.6) is 5.75 Å². The summed E-state index contributed by atoms with van der Waals surface area (Å²) in [7, 11) is 1.61. The van der Waals surface area contributed by atoms with Crippen LogP contribution in [-0.2, 0) is 4.74 Å². The number of ether oxygens (including phenoxy) is 2. The highest BCUT2D eigenvalue weighted by Crippen LogP contribution is 2.19. The van der Waals surface area contributed by atoms with E-state index in [0.29, 0.717) is 30.2 Å². The number of halogens is 1. The summed E-state index contributed by atoms with van der Waals surface area (Å²) < 4.78 is 10.4. The fourth-order valence-electron chi connectivity index (χ4n) is 1.66. The van der Waals surface area contributed by atoms with Gasteiger partial charge in [-0.2, -0.15) is 0 Å². The fraction of sp³-hybridized carbons (Fsp3) is 0.200. The first-order chi connectivity index (χ1) is 10.2. The van der Waals surface area contributed by atoms with Gasteiger partial charge in [-0.05, 0) is 24.3 Å². The number of carbonyl (C=O) groups is 1. The van der Waals surface area contributed by atoms with E-state index < -0.39 is 0 Å². The van der Waals surface area contributed by atoms with Crippen LogP contribution in [0.4, 0.5) is 5.69 Å². The van der Waals surface area contributed by atoms with Crippen molar-refractivity contribution in [3.05, 3.63) is 53.3 Å². The SMILES string of the molecule is COCCOc1cccc(NC(=O)c2cccnc2Cl)c1. The number of aromatic nitrogens is 1. The first-order valence-corrected chi connectivity index (χ1v) is 6.72. The van der Waals surface area contributed by atoms with E-state index in [9.17, 15) is 4.79 Å². The Bertz CT molecular complexity index is 619. The van der Waals surface area contributed by atoms with Crippen molar-refractivity contribution in [2.45, 2.75) is 0 Å². The van der Waals surface area contributed by atoms with Gasteiger partial charge in [0.05, 0.1) is 12.2 Å². The Hall–Kier alpha value is -2.11. The number of nitrogens with zero attached hydrogens (tertiary/aromatic N) is 1. The van der Waals surface area contributed by atoms with Gasteiger partial charge in [-0.15, -0.1) is 0 Å². The van der Waals surface area contributed by atoms with Crippen molar-refractivity contribution in [2.24, 2.45) is 0 Å². The predicted molar refractivity (Wildman–Crippen MR) is 81.0 cm³/mol. The molecule has 21 heavy (non-hydrogen) atoms. The molecule has 0 unspecified atom stereocenters. The molecule has 1 heterocycles. The van der Waals surface area contributed by atoms with E-state index in [1.807, 2.05) is 6.07 Å². The number of pyridine rings is 1. The molecule has 0 radical (unpaired) electrons. The molecule has 0 fully saturated rings. The molecule has 1 aromatic heterocycles. The van der Waals surface area contributed by atoms with Crippen molar-refractivity contribution in [1.82, 2.24) is 4.98 Å². The molecule has 1 aromatic carbocycles. The lowest BCUT2D eigenvalue weighted by molar-refractivity contribution is 0.102. The van der Waals surface area contributed by atoms with Crippen LogP contribution in [0.1, 0.15) is 10.4 Å². The third-order valence-corrected chi connectivity index (χ3v) is 2.95. The Morgan fingerprint density at radius 3 is 2.90 bits per heavy atom. The van der Waals surface area contributed by atoms with E-state index in [0.717, 1.165) is 0 Å². The van der Waals surface area contributed by atoms with Crippen molar-refractivity contribution in [3.63, 3.8) is 0 Å². The summed E-state index contributed by atoms with van der Waals surface area (Å²) in [6, 6.07) is 10.4. The average molecular weight is 307 g/mol. The molecule has 2 aromatic rings. The van der Waals surface area contributed by atoms with E-state index in [4.69, 9.17) is 21.1 Å². The second-order valence-corrected chi connectivity index (χ2v) is 4.52. The highest BCUT2D eigenvalue weighted by Gasteiger charge is 2.11. The summed E-state index contributed by atoms with van der Waals surface area (Å²) in [5, 5.41) is 2.92. The molecule has 1 N–H and O–H groups in total. The number of methoxy groups -OCH3 is 1. The van der Waals surface area contributed by atoms with E-state index >= 15 is 0 Å². The Labute approximate surface area is 127 Å². The van der Waals surface area contributed by atoms with Crippen LogP contribution in [0.2, 0.25) is 5.15 Å². The van der Waals surface area contributed by atoms with Crippen molar-refractivity contribution >= 4 is 23.2 Å². The normalized spacial score (nSPS) is 10.2. The van der Waals surface area contributed by atoms with Crippen LogP contribution >= 0.6 is 11.6 Å². The fourth-order valence-corrected chi connectivity index (χ4v) is 1.87. The average Bonchev–Trinajstić information content (AvgIpc) is 2.48. The molecular weight excluding hydrogens is 292 g/mol. The smallest absolute Gasteiger partial charge is 0.258 e. The number of amides is 1. The molecule has 0 aliphatic rings. The standard InChI is InChI=1S/C15H15ClN2O3/c1-20-8-9-21-12-5-2-4-11(10-12)18-15(19)13-6-3-7-17-14(13)16/h2-7,10H,8-9H2,1H3,(H,18,19). The number of hydrogen-bond donors (Lipinski definition) is 1. The van der Waals surface area contributed by atoms with Gasteiger partial charge in [-0.1, -0.05) is 17.7 Å². The van der Waals surface area contributed by atoms with Gasteiger partial charge in [0.2, 0.25) is 0 Å². The number of carbonyl (C=O) groups excluding carboxylic acids is 1. The van der Waals surface area contributed by atoms with Crippen LogP contribution in [0.3, 0.4) is 0 Å². The van der Waals surface area contributed by atoms with Crippen molar-refractivity contribution in [2.75, 3.05) is 25.6 Å². The molecule has 0 bridgehead atoms. The number of anilines is 1. The predicted octanol–water partition coefficient (Wildman–Crippen LogP) is 3.01. The zero-order valence-electron chi connectivity index (χ0n) is 11.5. The molecule has 6 heteroatoms. The third-order valence-electron chi connectivity index (χ3n) is 2.65. The number of rotatable bonds is 6. The van der Waals surface area contributed by atoms with Crippen LogP contribution in [0.15, 0.2) is 42.6 Å². The molecule has 1 amide bonds. The molecule has 5 nitrogen and oxygen atoms in total. The quantitative estimate of drug-likeness (QED) is 0.658. The first-order valence-electron chi connectivity index (χ1n) is 6.34. The topological polar surface area (TPSA) is 60.5 Å². The molecule has 0 saturated heterocycles. The molecule has 0 atom stereocenters. The molecule has 0 saturated carbocycles. The molecule has 0 aliphatic heterocycles. The van der Waals surface area contributed by atoms with E-state index in [2.05, 4.69) is 10.3 Å². The summed E-state index contributed by atoms with van der Waals surface area (Å²) in [6.45, 7) is 0.949. The summed E-state index contributed by atoms with van der Waals surface area (Å²) >= 11 is 5.89. The maximum absolute atomic E-state index is 12.1. The van der Waals surface area contributed by atoms with Gasteiger partial charge in [-0.25, -0.2) is 4.98 Å². The van der Waals surface area contributed by atoms with Crippen LogP contribution in [-0.4, -0.2) is 31.2 Å². The summed E-state index contributed by atoms with van der Waals surface area (Å²) in [5.74, 6) is 0.337. The monoisotopic (exact) mass is 306 g/mol. The van der Waals surface area contributed by atoms with Gasteiger partial charge in [0.15, 0.2) is 0 Å². The van der Waals surface area contributed by atoms with E-state index in [-0.39, 0.29) is 11.1 Å². The third kappa shape index (κ3) is 4.44. The number of nitrogens with one attached hydrogen (secondary N) is 1. The van der Waals surface area contributed by atoms with E-state index in [1.165, 1.54) is 6.20 Å². The van der Waals surface area contributed by atoms with Gasteiger partial charge >= 0.3 is 0 Å². The second-order valence-electron chi connectivity index (χ2n) is 4.16. The number of benzene rings is 1. The van der Waals surface area contributed by atoms with Gasteiger partial charge in [0.25, 0.3) is 5.91 Å². The zero-order chi connectivity index (χ0) is 15.1. The molecule has 110 valence electrons. The summed E-state index contributed by atoms with van der Waals surface area (Å²) in [5.41, 5.74) is 0.944. The molecular formula is C15H15ClN2O3. The van der Waals surface area contributed by atoms with E-state index in [1.54, 1.807) is 37.4 Å². The van der Waals surface area contributed by atoms with Gasteiger partial charge in [0, 0.05) is 25.1 Å². The second kappa shape index (κ2) is 7.61. The molecule has 0 aliphatic carbocycles. The van der Waals surface area contributed by atoms with Gasteiger partial charge < -0.3 is 14.8 Å². The Kier molecular flexibility index (Phi) is 5.54. The van der Waals surface area contributed by atoms with Crippen molar-refractivity contribution in [3.8, 4) is 5.75 Å². The minimum Gasteiger partial charge on any atom is -0.491 e. The van der Waals surface area contributed by atoms with Crippen molar-refractivity contribution in [1.29, 1.82) is 0 Å². The Balaban J connectivity index is 2.04. The van der Waals surface area contributed by atoms with Crippen LogP contribution in [0.25, 0.3) is 0 Å². The molecule has 2 rings (SSSR count). The Morgan fingerprint density at radius 1 is 1.29 bits per heavy atom. The first kappa shape index (κ1) is 15.3. The Morgan fingerprint density at radius 2 is 2.14 bits per heavy atom. The lowest BCUT2D eigenvalue weighted by Gasteiger charge is -2.09. The van der Waals surface area contributed by atoms with Crippen LogP contribution in [0, 0.1) is 0 Å². The maximum Gasteiger partial charge on any atom is 0.258 e. The summed E-state index contributed by atoms with van der Waals surface area (Å²) in [4.78, 5) is 16.0. The van der Waals surface area contributed by atoms with Crippen LogP contribution < -0.4 is 10.1 Å². The highest BCUT2D eigenvalue weighted by atomic mass is 35.5. The number of hydrogen-bond acceptors (Lipinski definition) is 4. The largest absolute Gasteiger partial charge is 0.491 e. The molecule has 0 spiro atoms. The lowest BCUT2D eigenvalue weighted by atomic mass is 10.2.